The standard InChI is InChI=1S/C15H19FN2O3/c1-2-21-15(20)13(17)14(19)18(11-7-8-11)9-10-5-3-4-6-12(10)16/h3-6,11,13H,2,7-9,17H2,1H3. The normalized spacial score (nSPS) is 15.4. The number of hydrogen-bond acceptors (Lipinski definition) is 4. The van der Waals surface area contributed by atoms with Gasteiger partial charge in [-0.15, -0.1) is 0 Å². The smallest absolute Gasteiger partial charge is 0.332 e. The molecule has 0 aliphatic heterocycles. The summed E-state index contributed by atoms with van der Waals surface area (Å²) in [4.78, 5) is 25.4. The van der Waals surface area contributed by atoms with Crippen molar-refractivity contribution >= 4 is 11.9 Å². The molecule has 2 N–H and O–H groups in total. The van der Waals surface area contributed by atoms with Gasteiger partial charge in [0.1, 0.15) is 5.82 Å². The van der Waals surface area contributed by atoms with Gasteiger partial charge in [0.05, 0.1) is 6.61 Å². The Morgan fingerprint density at radius 1 is 1.43 bits per heavy atom. The molecule has 0 aromatic heterocycles. The van der Waals surface area contributed by atoms with E-state index in [-0.39, 0.29) is 25.0 Å². The zero-order chi connectivity index (χ0) is 15.4. The maximum absolute atomic E-state index is 13.7. The molecule has 6 heteroatoms. The topological polar surface area (TPSA) is 72.6 Å². The molecule has 1 fully saturated rings. The van der Waals surface area contributed by atoms with Gasteiger partial charge in [-0.1, -0.05) is 18.2 Å². The Morgan fingerprint density at radius 2 is 2.10 bits per heavy atom. The second-order valence-electron chi connectivity index (χ2n) is 5.02. The summed E-state index contributed by atoms with van der Waals surface area (Å²) in [6.45, 7) is 1.92. The lowest BCUT2D eigenvalue weighted by molar-refractivity contribution is -0.151. The van der Waals surface area contributed by atoms with Crippen LogP contribution in [0.1, 0.15) is 25.3 Å². The van der Waals surface area contributed by atoms with E-state index in [1.165, 1.54) is 11.0 Å². The molecule has 1 amide bonds. The van der Waals surface area contributed by atoms with E-state index in [2.05, 4.69) is 0 Å². The molecule has 1 saturated carbocycles. The molecule has 0 radical (unpaired) electrons. The maximum atomic E-state index is 13.7. The van der Waals surface area contributed by atoms with E-state index in [1.807, 2.05) is 0 Å². The van der Waals surface area contributed by atoms with Gasteiger partial charge >= 0.3 is 5.97 Å². The number of hydrogen-bond donors (Lipinski definition) is 1. The second kappa shape index (κ2) is 6.67. The highest BCUT2D eigenvalue weighted by atomic mass is 19.1. The average Bonchev–Trinajstić information content (AvgIpc) is 3.30. The van der Waals surface area contributed by atoms with Crippen LogP contribution in [0.5, 0.6) is 0 Å². The van der Waals surface area contributed by atoms with Crippen LogP contribution in [0.25, 0.3) is 0 Å². The van der Waals surface area contributed by atoms with Crippen molar-refractivity contribution in [2.45, 2.75) is 38.4 Å². The predicted molar refractivity (Wildman–Crippen MR) is 74.6 cm³/mol. The van der Waals surface area contributed by atoms with E-state index in [0.29, 0.717) is 5.56 Å². The Labute approximate surface area is 122 Å². The third kappa shape index (κ3) is 3.78. The summed E-state index contributed by atoms with van der Waals surface area (Å²) in [6.07, 6.45) is 1.69. The van der Waals surface area contributed by atoms with Gasteiger partial charge in [0.25, 0.3) is 5.91 Å². The Balaban J connectivity index is 2.10. The average molecular weight is 294 g/mol. The van der Waals surface area contributed by atoms with Crippen molar-refractivity contribution in [3.05, 3.63) is 35.6 Å². The van der Waals surface area contributed by atoms with Crippen molar-refractivity contribution < 1.29 is 18.7 Å². The highest BCUT2D eigenvalue weighted by molar-refractivity contribution is 6.01. The number of rotatable bonds is 6. The Morgan fingerprint density at radius 3 is 2.67 bits per heavy atom. The van der Waals surface area contributed by atoms with E-state index >= 15 is 0 Å². The SMILES string of the molecule is CCOC(=O)C(N)C(=O)N(Cc1ccccc1F)C1CC1. The van der Waals surface area contributed by atoms with Crippen LogP contribution >= 0.6 is 0 Å². The lowest BCUT2D eigenvalue weighted by atomic mass is 10.1. The highest BCUT2D eigenvalue weighted by Crippen LogP contribution is 2.29. The first-order valence-corrected chi connectivity index (χ1v) is 7.00. The van der Waals surface area contributed by atoms with Crippen LogP contribution in [0.15, 0.2) is 24.3 Å². The minimum atomic E-state index is -1.35. The largest absolute Gasteiger partial charge is 0.464 e. The van der Waals surface area contributed by atoms with Gasteiger partial charge in [0, 0.05) is 18.2 Å². The second-order valence-corrected chi connectivity index (χ2v) is 5.02. The third-order valence-electron chi connectivity index (χ3n) is 3.38. The van der Waals surface area contributed by atoms with E-state index in [1.54, 1.807) is 25.1 Å². The molecular formula is C15H19FN2O3. The molecule has 1 unspecified atom stereocenters. The molecule has 0 spiro atoms. The van der Waals surface area contributed by atoms with E-state index in [9.17, 15) is 14.0 Å². The van der Waals surface area contributed by atoms with E-state index < -0.39 is 17.9 Å². The van der Waals surface area contributed by atoms with Crippen LogP contribution in [0.4, 0.5) is 4.39 Å². The van der Waals surface area contributed by atoms with Gasteiger partial charge in [0.15, 0.2) is 6.04 Å². The van der Waals surface area contributed by atoms with Gasteiger partial charge in [-0.25, -0.2) is 9.18 Å². The summed E-state index contributed by atoms with van der Waals surface area (Å²) in [6, 6.07) is 4.94. The number of esters is 1. The Kier molecular flexibility index (Phi) is 4.90. The van der Waals surface area contributed by atoms with Crippen LogP contribution in [-0.4, -0.2) is 35.5 Å². The molecular weight excluding hydrogens is 275 g/mol. The number of benzene rings is 1. The maximum Gasteiger partial charge on any atom is 0.332 e. The number of ether oxygens (including phenoxy) is 1. The van der Waals surface area contributed by atoms with Gasteiger partial charge in [-0.3, -0.25) is 4.79 Å². The number of nitrogens with two attached hydrogens (primary N) is 1. The molecule has 21 heavy (non-hydrogen) atoms. The zero-order valence-corrected chi connectivity index (χ0v) is 11.9. The van der Waals surface area contributed by atoms with Crippen molar-refractivity contribution in [3.63, 3.8) is 0 Å². The predicted octanol–water partition coefficient (Wildman–Crippen LogP) is 1.21. The Bertz CT molecular complexity index is 531. The summed E-state index contributed by atoms with van der Waals surface area (Å²) in [7, 11) is 0. The van der Waals surface area contributed by atoms with Gasteiger partial charge in [-0.2, -0.15) is 0 Å². The van der Waals surface area contributed by atoms with Crippen molar-refractivity contribution in [1.82, 2.24) is 4.90 Å². The lowest BCUT2D eigenvalue weighted by Crippen LogP contribution is -2.49. The van der Waals surface area contributed by atoms with E-state index in [4.69, 9.17) is 10.5 Å². The fourth-order valence-corrected chi connectivity index (χ4v) is 2.09. The van der Waals surface area contributed by atoms with Crippen LogP contribution in [0, 0.1) is 5.82 Å². The van der Waals surface area contributed by atoms with Gasteiger partial charge in [-0.05, 0) is 25.8 Å². The van der Waals surface area contributed by atoms with Crippen molar-refractivity contribution in [2.75, 3.05) is 6.61 Å². The number of carbonyl (C=O) groups is 2. The molecule has 0 bridgehead atoms. The molecule has 1 aromatic rings. The van der Waals surface area contributed by atoms with Gasteiger partial charge < -0.3 is 15.4 Å². The monoisotopic (exact) mass is 294 g/mol. The third-order valence-corrected chi connectivity index (χ3v) is 3.38. The molecule has 114 valence electrons. The summed E-state index contributed by atoms with van der Waals surface area (Å²) in [5, 5.41) is 0. The minimum Gasteiger partial charge on any atom is -0.464 e. The molecule has 1 aliphatic rings. The highest BCUT2D eigenvalue weighted by Gasteiger charge is 2.37. The van der Waals surface area contributed by atoms with E-state index in [0.717, 1.165) is 12.8 Å². The van der Waals surface area contributed by atoms with Crippen LogP contribution in [0.3, 0.4) is 0 Å². The number of halogens is 1. The molecule has 0 saturated heterocycles. The Hall–Kier alpha value is -1.95. The summed E-state index contributed by atoms with van der Waals surface area (Å²) in [5.41, 5.74) is 6.06. The first-order chi connectivity index (χ1) is 10.0. The van der Waals surface area contributed by atoms with Crippen LogP contribution in [-0.2, 0) is 20.9 Å². The van der Waals surface area contributed by atoms with Crippen molar-refractivity contribution in [1.29, 1.82) is 0 Å². The molecule has 1 aliphatic carbocycles. The molecule has 5 nitrogen and oxygen atoms in total. The number of nitrogens with zero attached hydrogens (tertiary/aromatic N) is 1. The van der Waals surface area contributed by atoms with Crippen LogP contribution < -0.4 is 5.73 Å². The molecule has 1 aromatic carbocycles. The van der Waals surface area contributed by atoms with Crippen molar-refractivity contribution in [3.8, 4) is 0 Å². The zero-order valence-electron chi connectivity index (χ0n) is 11.9. The van der Waals surface area contributed by atoms with Crippen LogP contribution in [0.2, 0.25) is 0 Å². The summed E-state index contributed by atoms with van der Waals surface area (Å²) in [5.74, 6) is -1.64. The van der Waals surface area contributed by atoms with Crippen molar-refractivity contribution in [2.24, 2.45) is 5.73 Å². The molecule has 0 heterocycles. The number of amides is 1. The lowest BCUT2D eigenvalue weighted by Gasteiger charge is -2.25. The molecule has 1 atom stereocenters. The minimum absolute atomic E-state index is 0.0255. The molecule has 2 rings (SSSR count). The summed E-state index contributed by atoms with van der Waals surface area (Å²) >= 11 is 0. The number of carbonyl (C=O) groups excluding carboxylic acids is 2. The fraction of sp³-hybridized carbons (Fsp3) is 0.467. The first kappa shape index (κ1) is 15.4. The fourth-order valence-electron chi connectivity index (χ4n) is 2.09. The quantitative estimate of drug-likeness (QED) is 0.632. The van der Waals surface area contributed by atoms with Gasteiger partial charge in [0.2, 0.25) is 0 Å². The first-order valence-electron chi connectivity index (χ1n) is 7.00. The summed E-state index contributed by atoms with van der Waals surface area (Å²) < 4.78 is 18.5.